The van der Waals surface area contributed by atoms with Crippen molar-refractivity contribution in [2.24, 2.45) is 5.92 Å². The molecule has 82 valence electrons. The van der Waals surface area contributed by atoms with Crippen molar-refractivity contribution in [1.82, 2.24) is 4.90 Å². The number of amides is 1. The van der Waals surface area contributed by atoms with Gasteiger partial charge in [0.25, 0.3) is 0 Å². The standard InChI is InChI=1S/C11H21NO2/c1-4-5-6-12(7-10-8-14-10)11(13)9(2)3/h9-10H,4-8H2,1-3H3. The highest BCUT2D eigenvalue weighted by molar-refractivity contribution is 5.78. The Hall–Kier alpha value is -0.570. The molecule has 0 radical (unpaired) electrons. The van der Waals surface area contributed by atoms with Gasteiger partial charge in [-0.05, 0) is 6.42 Å². The van der Waals surface area contributed by atoms with Crippen LogP contribution in [0.15, 0.2) is 0 Å². The molecule has 0 aromatic rings. The van der Waals surface area contributed by atoms with Gasteiger partial charge in [-0.1, -0.05) is 27.2 Å². The number of unbranched alkanes of at least 4 members (excludes halogenated alkanes) is 1. The normalized spacial score (nSPS) is 19.9. The number of ether oxygens (including phenoxy) is 1. The SMILES string of the molecule is CCCCN(CC1CO1)C(=O)C(C)C. The molecule has 1 unspecified atom stereocenters. The maximum atomic E-state index is 11.8. The van der Waals surface area contributed by atoms with Gasteiger partial charge in [-0.3, -0.25) is 4.79 Å². The van der Waals surface area contributed by atoms with E-state index in [2.05, 4.69) is 6.92 Å². The molecule has 0 N–H and O–H groups in total. The van der Waals surface area contributed by atoms with Crippen LogP contribution in [0.3, 0.4) is 0 Å². The van der Waals surface area contributed by atoms with Crippen LogP contribution >= 0.6 is 0 Å². The Labute approximate surface area is 86.4 Å². The smallest absolute Gasteiger partial charge is 0.225 e. The van der Waals surface area contributed by atoms with Gasteiger partial charge in [0.05, 0.1) is 12.7 Å². The van der Waals surface area contributed by atoms with Crippen molar-refractivity contribution in [3.8, 4) is 0 Å². The Morgan fingerprint density at radius 1 is 1.57 bits per heavy atom. The van der Waals surface area contributed by atoms with Crippen LogP contribution in [0.5, 0.6) is 0 Å². The molecule has 1 amide bonds. The van der Waals surface area contributed by atoms with E-state index >= 15 is 0 Å². The number of carbonyl (C=O) groups is 1. The minimum Gasteiger partial charge on any atom is -0.371 e. The summed E-state index contributed by atoms with van der Waals surface area (Å²) in [6, 6.07) is 0. The van der Waals surface area contributed by atoms with E-state index in [1.165, 1.54) is 0 Å². The van der Waals surface area contributed by atoms with E-state index in [0.29, 0.717) is 6.10 Å². The van der Waals surface area contributed by atoms with Crippen LogP contribution in [0, 0.1) is 5.92 Å². The van der Waals surface area contributed by atoms with Gasteiger partial charge in [0.1, 0.15) is 0 Å². The molecule has 1 heterocycles. The third-order valence-electron chi connectivity index (χ3n) is 2.41. The first kappa shape index (κ1) is 11.5. The van der Waals surface area contributed by atoms with Crippen molar-refractivity contribution in [3.05, 3.63) is 0 Å². The van der Waals surface area contributed by atoms with E-state index in [9.17, 15) is 4.79 Å². The van der Waals surface area contributed by atoms with E-state index in [4.69, 9.17) is 4.74 Å². The number of carbonyl (C=O) groups excluding carboxylic acids is 1. The lowest BCUT2D eigenvalue weighted by atomic mass is 10.1. The molecule has 0 bridgehead atoms. The molecular formula is C11H21NO2. The van der Waals surface area contributed by atoms with Crippen molar-refractivity contribution in [1.29, 1.82) is 0 Å². The van der Waals surface area contributed by atoms with E-state index in [1.807, 2.05) is 18.7 Å². The zero-order chi connectivity index (χ0) is 10.6. The molecule has 1 saturated heterocycles. The Bertz CT molecular complexity index is 188. The molecule has 1 rings (SSSR count). The maximum Gasteiger partial charge on any atom is 0.225 e. The minimum atomic E-state index is 0.102. The lowest BCUT2D eigenvalue weighted by Crippen LogP contribution is -2.37. The Morgan fingerprint density at radius 3 is 2.64 bits per heavy atom. The summed E-state index contributed by atoms with van der Waals surface area (Å²) in [6.07, 6.45) is 2.54. The zero-order valence-electron chi connectivity index (χ0n) is 9.45. The number of epoxide rings is 1. The number of nitrogens with zero attached hydrogens (tertiary/aromatic N) is 1. The maximum absolute atomic E-state index is 11.8. The van der Waals surface area contributed by atoms with Crippen LogP contribution in [-0.4, -0.2) is 36.6 Å². The highest BCUT2D eigenvalue weighted by Crippen LogP contribution is 2.13. The van der Waals surface area contributed by atoms with Gasteiger partial charge in [0, 0.05) is 19.0 Å². The molecule has 1 aliphatic rings. The first-order valence-electron chi connectivity index (χ1n) is 5.55. The Kier molecular flexibility index (Phi) is 4.39. The Balaban J connectivity index is 2.37. The van der Waals surface area contributed by atoms with E-state index in [-0.39, 0.29) is 11.8 Å². The lowest BCUT2D eigenvalue weighted by molar-refractivity contribution is -0.134. The molecule has 1 atom stereocenters. The fraction of sp³-hybridized carbons (Fsp3) is 0.909. The Morgan fingerprint density at radius 2 is 2.21 bits per heavy atom. The van der Waals surface area contributed by atoms with E-state index in [1.54, 1.807) is 0 Å². The molecule has 3 heteroatoms. The van der Waals surface area contributed by atoms with Gasteiger partial charge in [0.15, 0.2) is 0 Å². The molecule has 0 aromatic carbocycles. The summed E-state index contributed by atoms with van der Waals surface area (Å²) < 4.78 is 5.15. The summed E-state index contributed by atoms with van der Waals surface area (Å²) in [6.45, 7) is 8.55. The summed E-state index contributed by atoms with van der Waals surface area (Å²) in [4.78, 5) is 13.7. The van der Waals surface area contributed by atoms with Gasteiger partial charge in [-0.25, -0.2) is 0 Å². The van der Waals surface area contributed by atoms with E-state index in [0.717, 1.165) is 32.5 Å². The third-order valence-corrected chi connectivity index (χ3v) is 2.41. The number of hydrogen-bond donors (Lipinski definition) is 0. The molecule has 0 aromatic heterocycles. The van der Waals surface area contributed by atoms with Gasteiger partial charge in [0.2, 0.25) is 5.91 Å². The summed E-state index contributed by atoms with van der Waals surface area (Å²) in [5.41, 5.74) is 0. The summed E-state index contributed by atoms with van der Waals surface area (Å²) in [7, 11) is 0. The molecule has 1 fully saturated rings. The van der Waals surface area contributed by atoms with Crippen LogP contribution in [0.2, 0.25) is 0 Å². The van der Waals surface area contributed by atoms with Crippen molar-refractivity contribution in [2.45, 2.75) is 39.7 Å². The first-order valence-corrected chi connectivity index (χ1v) is 5.55. The predicted octanol–water partition coefficient (Wildman–Crippen LogP) is 1.67. The van der Waals surface area contributed by atoms with Crippen LogP contribution in [-0.2, 0) is 9.53 Å². The molecular weight excluding hydrogens is 178 g/mol. The highest BCUT2D eigenvalue weighted by atomic mass is 16.6. The van der Waals surface area contributed by atoms with Crippen molar-refractivity contribution in [2.75, 3.05) is 19.7 Å². The monoisotopic (exact) mass is 199 g/mol. The number of rotatable bonds is 6. The molecule has 14 heavy (non-hydrogen) atoms. The van der Waals surface area contributed by atoms with Gasteiger partial charge in [-0.2, -0.15) is 0 Å². The second-order valence-electron chi connectivity index (χ2n) is 4.25. The van der Waals surface area contributed by atoms with Crippen molar-refractivity contribution < 1.29 is 9.53 Å². The fourth-order valence-electron chi connectivity index (χ4n) is 1.42. The summed E-state index contributed by atoms with van der Waals surface area (Å²) >= 11 is 0. The van der Waals surface area contributed by atoms with E-state index < -0.39 is 0 Å². The lowest BCUT2D eigenvalue weighted by Gasteiger charge is -2.23. The first-order chi connectivity index (χ1) is 6.65. The quantitative estimate of drug-likeness (QED) is 0.610. The fourth-order valence-corrected chi connectivity index (χ4v) is 1.42. The zero-order valence-corrected chi connectivity index (χ0v) is 9.45. The third kappa shape index (κ3) is 3.66. The van der Waals surface area contributed by atoms with Crippen LogP contribution < -0.4 is 0 Å². The van der Waals surface area contributed by atoms with Crippen LogP contribution in [0.1, 0.15) is 33.6 Å². The molecule has 1 aliphatic heterocycles. The van der Waals surface area contributed by atoms with Crippen molar-refractivity contribution >= 4 is 5.91 Å². The van der Waals surface area contributed by atoms with Gasteiger partial charge in [-0.15, -0.1) is 0 Å². The van der Waals surface area contributed by atoms with Gasteiger partial charge < -0.3 is 9.64 Å². The predicted molar refractivity (Wildman–Crippen MR) is 56.1 cm³/mol. The molecule has 0 spiro atoms. The molecule has 0 aliphatic carbocycles. The topological polar surface area (TPSA) is 32.8 Å². The summed E-state index contributed by atoms with van der Waals surface area (Å²) in [5, 5.41) is 0. The summed E-state index contributed by atoms with van der Waals surface area (Å²) in [5.74, 6) is 0.361. The van der Waals surface area contributed by atoms with Crippen LogP contribution in [0.4, 0.5) is 0 Å². The second kappa shape index (κ2) is 5.35. The van der Waals surface area contributed by atoms with Crippen LogP contribution in [0.25, 0.3) is 0 Å². The average Bonchev–Trinajstić information content (AvgIpc) is 2.94. The largest absolute Gasteiger partial charge is 0.371 e. The highest BCUT2D eigenvalue weighted by Gasteiger charge is 2.28. The average molecular weight is 199 g/mol. The second-order valence-corrected chi connectivity index (χ2v) is 4.25. The molecule has 3 nitrogen and oxygen atoms in total. The molecule has 0 saturated carbocycles. The van der Waals surface area contributed by atoms with Gasteiger partial charge >= 0.3 is 0 Å². The minimum absolute atomic E-state index is 0.102. The number of hydrogen-bond acceptors (Lipinski definition) is 2. The van der Waals surface area contributed by atoms with Crippen molar-refractivity contribution in [3.63, 3.8) is 0 Å².